The second-order valence-electron chi connectivity index (χ2n) is 4.27. The Morgan fingerprint density at radius 2 is 2.12 bits per heavy atom. The van der Waals surface area contributed by atoms with Gasteiger partial charge in [0.05, 0.1) is 4.05 Å². The predicted molar refractivity (Wildman–Crippen MR) is 71.2 cm³/mol. The molecule has 0 amide bonds. The van der Waals surface area contributed by atoms with Crippen LogP contribution in [0.15, 0.2) is 16.3 Å². The molecule has 2 nitrogen and oxygen atoms in total. The lowest BCUT2D eigenvalue weighted by molar-refractivity contribution is -0.0933. The number of hydrogen-bond acceptors (Lipinski definition) is 2. The Hall–Kier alpha value is -0.270. The number of rotatable bonds is 1. The van der Waals surface area contributed by atoms with Crippen molar-refractivity contribution in [3.63, 3.8) is 0 Å². The Labute approximate surface area is 113 Å². The molecule has 98 valence electrons. The highest BCUT2D eigenvalue weighted by Gasteiger charge is 2.37. The molecule has 0 spiro atoms. The van der Waals surface area contributed by atoms with E-state index < -0.39 is 11.9 Å². The van der Waals surface area contributed by atoms with Crippen LogP contribution in [0.1, 0.15) is 33.1 Å². The fourth-order valence-corrected chi connectivity index (χ4v) is 2.29. The van der Waals surface area contributed by atoms with Crippen molar-refractivity contribution in [2.45, 2.75) is 43.3 Å². The highest BCUT2D eigenvalue weighted by molar-refractivity contribution is 14.1. The summed E-state index contributed by atoms with van der Waals surface area (Å²) in [6, 6.07) is 0. The molecule has 1 aliphatic carbocycles. The lowest BCUT2D eigenvalue weighted by atomic mass is 9.83. The van der Waals surface area contributed by atoms with Crippen molar-refractivity contribution in [3.05, 3.63) is 11.3 Å². The summed E-state index contributed by atoms with van der Waals surface area (Å²) in [4.78, 5) is 4.30. The molecule has 1 aliphatic rings. The number of nitrogens with zero attached hydrogens (tertiary/aromatic N) is 1. The molecule has 0 aliphatic heterocycles. The van der Waals surface area contributed by atoms with Crippen LogP contribution in [-0.2, 0) is 0 Å². The summed E-state index contributed by atoms with van der Waals surface area (Å²) in [6.07, 6.45) is -2.47. The Kier molecular flexibility index (Phi) is 4.86. The second-order valence-corrected chi connectivity index (χ2v) is 6.07. The lowest BCUT2D eigenvalue weighted by Crippen LogP contribution is -2.29. The van der Waals surface area contributed by atoms with Crippen LogP contribution in [-0.4, -0.2) is 15.9 Å². The fraction of sp³-hybridized carbons (Fsp3) is 0.727. The molecule has 1 rings (SSSR count). The molecule has 0 aromatic carbocycles. The monoisotopic (exact) mass is 360 g/mol. The maximum Gasteiger partial charge on any atom is 0.431 e. The van der Waals surface area contributed by atoms with Gasteiger partial charge < -0.3 is 5.73 Å². The molecule has 2 N–H and O–H groups in total. The Balaban J connectivity index is 3.19. The van der Waals surface area contributed by atoms with E-state index in [0.717, 1.165) is 12.8 Å². The molecule has 1 fully saturated rings. The van der Waals surface area contributed by atoms with Gasteiger partial charge in [0.25, 0.3) is 0 Å². The normalized spacial score (nSPS) is 29.3. The first kappa shape index (κ1) is 14.8. The average Bonchev–Trinajstić information content (AvgIpc) is 2.18. The highest BCUT2D eigenvalue weighted by Crippen LogP contribution is 2.33. The quantitative estimate of drug-likeness (QED) is 0.431. The first-order valence-corrected chi connectivity index (χ1v) is 6.76. The van der Waals surface area contributed by atoms with Gasteiger partial charge in [0.1, 0.15) is 5.70 Å². The van der Waals surface area contributed by atoms with Gasteiger partial charge in [-0.05, 0) is 32.1 Å². The van der Waals surface area contributed by atoms with Crippen LogP contribution in [0.3, 0.4) is 0 Å². The van der Waals surface area contributed by atoms with E-state index in [1.807, 2.05) is 13.8 Å². The topological polar surface area (TPSA) is 38.4 Å². The predicted octanol–water partition coefficient (Wildman–Crippen LogP) is 3.80. The number of halogens is 4. The van der Waals surface area contributed by atoms with Gasteiger partial charge in [-0.3, -0.25) is 4.99 Å². The highest BCUT2D eigenvalue weighted by atomic mass is 127. The molecule has 0 radical (unpaired) electrons. The molecule has 0 aromatic rings. The molecule has 6 heteroatoms. The molecular formula is C11H16F3IN2. The summed E-state index contributed by atoms with van der Waals surface area (Å²) in [5.74, 6) is 0.0527. The van der Waals surface area contributed by atoms with Crippen molar-refractivity contribution in [2.24, 2.45) is 16.6 Å². The third-order valence-electron chi connectivity index (χ3n) is 2.79. The summed E-state index contributed by atoms with van der Waals surface area (Å²) in [5.41, 5.74) is 4.98. The van der Waals surface area contributed by atoms with Crippen molar-refractivity contribution in [1.29, 1.82) is 0 Å². The molecule has 1 saturated carbocycles. The van der Waals surface area contributed by atoms with Crippen molar-refractivity contribution < 1.29 is 13.2 Å². The third kappa shape index (κ3) is 3.86. The number of aliphatic imine (C=N–C) groups is 1. The van der Waals surface area contributed by atoms with E-state index in [4.69, 9.17) is 5.73 Å². The van der Waals surface area contributed by atoms with E-state index in [-0.39, 0.29) is 15.5 Å². The minimum Gasteiger partial charge on any atom is -0.394 e. The zero-order valence-electron chi connectivity index (χ0n) is 9.81. The summed E-state index contributed by atoms with van der Waals surface area (Å²) in [6.45, 7) is 3.75. The number of hydrogen-bond donors (Lipinski definition) is 1. The van der Waals surface area contributed by atoms with Gasteiger partial charge >= 0.3 is 6.18 Å². The van der Waals surface area contributed by atoms with E-state index in [2.05, 4.69) is 27.6 Å². The zero-order chi connectivity index (χ0) is 13.2. The molecule has 0 saturated heterocycles. The number of alkyl halides is 4. The second kappa shape index (κ2) is 5.58. The third-order valence-corrected chi connectivity index (χ3v) is 3.07. The fourth-order valence-electron chi connectivity index (χ4n) is 1.99. The lowest BCUT2D eigenvalue weighted by Gasteiger charge is -2.26. The number of nitrogens with two attached hydrogens (primary N) is 1. The van der Waals surface area contributed by atoms with Crippen LogP contribution < -0.4 is 5.73 Å². The van der Waals surface area contributed by atoms with Gasteiger partial charge in [-0.15, -0.1) is 0 Å². The van der Waals surface area contributed by atoms with Gasteiger partial charge in [0.2, 0.25) is 0 Å². The molecule has 2 unspecified atom stereocenters. The summed E-state index contributed by atoms with van der Waals surface area (Å²) >= 11 is 2.08. The van der Waals surface area contributed by atoms with E-state index in [1.165, 1.54) is 0 Å². The summed E-state index contributed by atoms with van der Waals surface area (Å²) in [7, 11) is 0. The Morgan fingerprint density at radius 1 is 1.53 bits per heavy atom. The van der Waals surface area contributed by atoms with E-state index in [0.29, 0.717) is 12.1 Å². The average molecular weight is 360 g/mol. The van der Waals surface area contributed by atoms with E-state index in [1.54, 1.807) is 0 Å². The van der Waals surface area contributed by atoms with Gasteiger partial charge in [-0.1, -0.05) is 29.5 Å². The van der Waals surface area contributed by atoms with E-state index >= 15 is 0 Å². The summed E-state index contributed by atoms with van der Waals surface area (Å²) in [5, 5.41) is 0. The smallest absolute Gasteiger partial charge is 0.394 e. The van der Waals surface area contributed by atoms with Crippen molar-refractivity contribution in [3.8, 4) is 0 Å². The maximum absolute atomic E-state index is 12.6. The van der Waals surface area contributed by atoms with Crippen molar-refractivity contribution >= 4 is 28.3 Å². The van der Waals surface area contributed by atoms with Crippen LogP contribution in [0.2, 0.25) is 0 Å². The maximum atomic E-state index is 12.6. The minimum atomic E-state index is -4.46. The van der Waals surface area contributed by atoms with Gasteiger partial charge in [0.15, 0.2) is 0 Å². The number of allylic oxidation sites excluding steroid dienone is 2. The van der Waals surface area contributed by atoms with Crippen molar-refractivity contribution in [2.75, 3.05) is 0 Å². The van der Waals surface area contributed by atoms with Crippen LogP contribution in [0.4, 0.5) is 13.2 Å². The molecular weight excluding hydrogens is 344 g/mol. The Bertz CT molecular complexity index is 345. The van der Waals surface area contributed by atoms with E-state index in [9.17, 15) is 13.2 Å². The van der Waals surface area contributed by atoms with Crippen LogP contribution >= 0.6 is 22.6 Å². The molecule has 0 aromatic heterocycles. The zero-order valence-corrected chi connectivity index (χ0v) is 12.0. The Morgan fingerprint density at radius 3 is 2.59 bits per heavy atom. The first-order chi connectivity index (χ1) is 7.73. The van der Waals surface area contributed by atoms with Gasteiger partial charge in [-0.25, -0.2) is 0 Å². The first-order valence-electron chi connectivity index (χ1n) is 5.51. The SMILES string of the molecule is CC(I)N=C1C(=C(N)C(F)(F)F)CCCC1C. The largest absolute Gasteiger partial charge is 0.431 e. The molecule has 0 heterocycles. The molecule has 17 heavy (non-hydrogen) atoms. The minimum absolute atomic E-state index is 0.0424. The van der Waals surface area contributed by atoms with Crippen LogP contribution in [0.5, 0.6) is 0 Å². The standard InChI is InChI=1S/C11H16F3IN2/c1-6-4-3-5-8(9(6)17-7(2)15)10(16)11(12,13)14/h6-7H,3-5,16H2,1-2H3. The van der Waals surface area contributed by atoms with Crippen LogP contribution in [0.25, 0.3) is 0 Å². The van der Waals surface area contributed by atoms with Gasteiger partial charge in [0, 0.05) is 11.3 Å². The van der Waals surface area contributed by atoms with Crippen molar-refractivity contribution in [1.82, 2.24) is 0 Å². The van der Waals surface area contributed by atoms with Crippen LogP contribution in [0, 0.1) is 5.92 Å². The van der Waals surface area contributed by atoms with Gasteiger partial charge in [-0.2, -0.15) is 13.2 Å². The molecule has 2 atom stereocenters. The summed E-state index contributed by atoms with van der Waals surface area (Å²) < 4.78 is 37.9. The molecule has 0 bridgehead atoms.